The second kappa shape index (κ2) is 5.70. The van der Waals surface area contributed by atoms with Gasteiger partial charge in [0, 0.05) is 12.0 Å². The molecule has 1 aromatic heterocycles. The zero-order valence-corrected chi connectivity index (χ0v) is 12.0. The SMILES string of the molecule is C=CC1(Cc2occc2-c2ccccc2)CCCCC1. The minimum Gasteiger partial charge on any atom is -0.469 e. The van der Waals surface area contributed by atoms with Crippen LogP contribution in [0.3, 0.4) is 0 Å². The summed E-state index contributed by atoms with van der Waals surface area (Å²) >= 11 is 0. The van der Waals surface area contributed by atoms with E-state index in [1.165, 1.54) is 43.2 Å². The van der Waals surface area contributed by atoms with E-state index in [0.717, 1.165) is 12.2 Å². The zero-order chi connectivity index (χ0) is 13.8. The number of allylic oxidation sites excluding steroid dienone is 1. The Bertz CT molecular complexity index is 558. The fourth-order valence-electron chi connectivity index (χ4n) is 3.38. The van der Waals surface area contributed by atoms with Gasteiger partial charge in [0.05, 0.1) is 6.26 Å². The molecule has 1 saturated carbocycles. The van der Waals surface area contributed by atoms with Crippen molar-refractivity contribution in [3.05, 3.63) is 61.1 Å². The molecule has 0 bridgehead atoms. The van der Waals surface area contributed by atoms with Gasteiger partial charge in [0.1, 0.15) is 5.76 Å². The van der Waals surface area contributed by atoms with Gasteiger partial charge < -0.3 is 4.42 Å². The van der Waals surface area contributed by atoms with Crippen molar-refractivity contribution < 1.29 is 4.42 Å². The summed E-state index contributed by atoms with van der Waals surface area (Å²) in [6.07, 6.45) is 11.4. The molecule has 1 aliphatic carbocycles. The molecule has 0 aliphatic heterocycles. The number of hydrogen-bond donors (Lipinski definition) is 0. The Morgan fingerprint density at radius 1 is 1.05 bits per heavy atom. The molecule has 0 unspecified atom stereocenters. The highest BCUT2D eigenvalue weighted by Crippen LogP contribution is 2.42. The normalized spacial score (nSPS) is 17.8. The first-order chi connectivity index (χ1) is 9.83. The van der Waals surface area contributed by atoms with Gasteiger partial charge >= 0.3 is 0 Å². The van der Waals surface area contributed by atoms with Crippen LogP contribution in [0.2, 0.25) is 0 Å². The van der Waals surface area contributed by atoms with E-state index in [-0.39, 0.29) is 5.41 Å². The Morgan fingerprint density at radius 2 is 1.80 bits per heavy atom. The molecule has 0 saturated heterocycles. The van der Waals surface area contributed by atoms with Crippen molar-refractivity contribution in [2.75, 3.05) is 0 Å². The molecule has 1 aliphatic rings. The summed E-state index contributed by atoms with van der Waals surface area (Å²) in [6, 6.07) is 12.6. The van der Waals surface area contributed by atoms with Crippen LogP contribution in [0.25, 0.3) is 11.1 Å². The number of furan rings is 1. The summed E-state index contributed by atoms with van der Waals surface area (Å²) in [7, 11) is 0. The molecular weight excluding hydrogens is 244 g/mol. The number of hydrogen-bond acceptors (Lipinski definition) is 1. The van der Waals surface area contributed by atoms with Crippen molar-refractivity contribution in [3.8, 4) is 11.1 Å². The van der Waals surface area contributed by atoms with Gasteiger partial charge in [-0.05, 0) is 29.9 Å². The van der Waals surface area contributed by atoms with E-state index in [0.29, 0.717) is 0 Å². The first-order valence-corrected chi connectivity index (χ1v) is 7.58. The molecule has 0 N–H and O–H groups in total. The molecule has 3 rings (SSSR count). The van der Waals surface area contributed by atoms with Gasteiger partial charge in [-0.2, -0.15) is 0 Å². The van der Waals surface area contributed by atoms with Gasteiger partial charge in [-0.25, -0.2) is 0 Å². The van der Waals surface area contributed by atoms with Crippen molar-refractivity contribution in [1.29, 1.82) is 0 Å². The van der Waals surface area contributed by atoms with Crippen molar-refractivity contribution in [2.24, 2.45) is 5.41 Å². The van der Waals surface area contributed by atoms with Crippen molar-refractivity contribution in [3.63, 3.8) is 0 Å². The minimum atomic E-state index is 0.236. The predicted octanol–water partition coefficient (Wildman–Crippen LogP) is 5.63. The summed E-state index contributed by atoms with van der Waals surface area (Å²) in [5.41, 5.74) is 2.71. The Hall–Kier alpha value is -1.76. The van der Waals surface area contributed by atoms with Gasteiger partial charge in [0.25, 0.3) is 0 Å². The van der Waals surface area contributed by atoms with E-state index < -0.39 is 0 Å². The smallest absolute Gasteiger partial charge is 0.112 e. The van der Waals surface area contributed by atoms with Gasteiger partial charge in [0.2, 0.25) is 0 Å². The fourth-order valence-corrected chi connectivity index (χ4v) is 3.38. The maximum absolute atomic E-state index is 5.80. The Labute approximate surface area is 121 Å². The standard InChI is InChI=1S/C19H22O/c1-2-19(12-7-4-8-13-19)15-18-17(11-14-20-18)16-9-5-3-6-10-16/h2-3,5-6,9-11,14H,1,4,7-8,12-13,15H2. The molecule has 1 nitrogen and oxygen atoms in total. The Morgan fingerprint density at radius 3 is 2.50 bits per heavy atom. The van der Waals surface area contributed by atoms with Crippen molar-refractivity contribution in [1.82, 2.24) is 0 Å². The van der Waals surface area contributed by atoms with Crippen LogP contribution in [-0.4, -0.2) is 0 Å². The molecule has 1 heterocycles. The first-order valence-electron chi connectivity index (χ1n) is 7.58. The van der Waals surface area contributed by atoms with Crippen LogP contribution in [0.15, 0.2) is 59.7 Å². The Kier molecular flexibility index (Phi) is 3.77. The lowest BCUT2D eigenvalue weighted by Crippen LogP contribution is -2.24. The van der Waals surface area contributed by atoms with E-state index in [1.807, 2.05) is 6.26 Å². The van der Waals surface area contributed by atoms with Crippen LogP contribution in [0.5, 0.6) is 0 Å². The molecule has 0 spiro atoms. The van der Waals surface area contributed by atoms with E-state index >= 15 is 0 Å². The summed E-state index contributed by atoms with van der Waals surface area (Å²) < 4.78 is 5.80. The molecule has 1 aromatic carbocycles. The largest absolute Gasteiger partial charge is 0.469 e. The lowest BCUT2D eigenvalue weighted by Gasteiger charge is -2.34. The van der Waals surface area contributed by atoms with Gasteiger partial charge in [-0.1, -0.05) is 55.7 Å². The molecule has 0 radical (unpaired) electrons. The molecule has 2 aromatic rings. The third-order valence-electron chi connectivity index (χ3n) is 4.63. The highest BCUT2D eigenvalue weighted by molar-refractivity contribution is 5.65. The molecular formula is C19H22O. The molecule has 104 valence electrons. The van der Waals surface area contributed by atoms with Crippen LogP contribution in [0.4, 0.5) is 0 Å². The average molecular weight is 266 g/mol. The lowest BCUT2D eigenvalue weighted by atomic mass is 9.71. The predicted molar refractivity (Wildman–Crippen MR) is 83.6 cm³/mol. The topological polar surface area (TPSA) is 13.1 Å². The number of benzene rings is 1. The highest BCUT2D eigenvalue weighted by Gasteiger charge is 2.31. The molecule has 20 heavy (non-hydrogen) atoms. The van der Waals surface area contributed by atoms with Gasteiger partial charge in [-0.15, -0.1) is 6.58 Å². The Balaban J connectivity index is 1.88. The highest BCUT2D eigenvalue weighted by atomic mass is 16.3. The first kappa shape index (κ1) is 13.2. The zero-order valence-electron chi connectivity index (χ0n) is 12.0. The second-order valence-corrected chi connectivity index (χ2v) is 5.93. The van der Waals surface area contributed by atoms with Crippen LogP contribution in [-0.2, 0) is 6.42 Å². The maximum Gasteiger partial charge on any atom is 0.112 e. The fraction of sp³-hybridized carbons (Fsp3) is 0.368. The monoisotopic (exact) mass is 266 g/mol. The van der Waals surface area contributed by atoms with Crippen LogP contribution in [0, 0.1) is 5.41 Å². The third kappa shape index (κ3) is 2.58. The van der Waals surface area contributed by atoms with E-state index in [2.05, 4.69) is 49.1 Å². The quantitative estimate of drug-likeness (QED) is 0.654. The second-order valence-electron chi connectivity index (χ2n) is 5.93. The summed E-state index contributed by atoms with van der Waals surface area (Å²) in [5.74, 6) is 1.11. The minimum absolute atomic E-state index is 0.236. The van der Waals surface area contributed by atoms with Crippen molar-refractivity contribution in [2.45, 2.75) is 38.5 Å². The van der Waals surface area contributed by atoms with Crippen LogP contribution < -0.4 is 0 Å². The average Bonchev–Trinajstić information content (AvgIpc) is 2.97. The van der Waals surface area contributed by atoms with Crippen LogP contribution in [0.1, 0.15) is 37.9 Å². The van der Waals surface area contributed by atoms with Crippen LogP contribution >= 0.6 is 0 Å². The van der Waals surface area contributed by atoms with Crippen molar-refractivity contribution >= 4 is 0 Å². The summed E-state index contributed by atoms with van der Waals surface area (Å²) in [5, 5.41) is 0. The lowest BCUT2D eigenvalue weighted by molar-refractivity contribution is 0.241. The van der Waals surface area contributed by atoms with Gasteiger partial charge in [0.15, 0.2) is 0 Å². The summed E-state index contributed by atoms with van der Waals surface area (Å²) in [6.45, 7) is 4.10. The van der Waals surface area contributed by atoms with Gasteiger partial charge in [-0.3, -0.25) is 0 Å². The third-order valence-corrected chi connectivity index (χ3v) is 4.63. The molecule has 0 amide bonds. The number of rotatable bonds is 4. The van der Waals surface area contributed by atoms with E-state index in [4.69, 9.17) is 4.42 Å². The van der Waals surface area contributed by atoms with E-state index in [9.17, 15) is 0 Å². The maximum atomic E-state index is 5.80. The van der Waals surface area contributed by atoms with E-state index in [1.54, 1.807) is 0 Å². The molecule has 1 fully saturated rings. The molecule has 1 heteroatoms. The summed E-state index contributed by atoms with van der Waals surface area (Å²) in [4.78, 5) is 0. The molecule has 0 atom stereocenters.